The summed E-state index contributed by atoms with van der Waals surface area (Å²) >= 11 is 0. The fraction of sp³-hybridized carbons (Fsp3) is 0.333. The van der Waals surface area contributed by atoms with Crippen molar-refractivity contribution in [1.82, 2.24) is 5.32 Å². The summed E-state index contributed by atoms with van der Waals surface area (Å²) in [4.78, 5) is 0. The van der Waals surface area contributed by atoms with Crippen molar-refractivity contribution >= 4 is 0 Å². The lowest BCUT2D eigenvalue weighted by Crippen LogP contribution is -2.22. The standard InChI is InChI=1S/C15H17F2NO2/c1-10(2)18-8-11-5-6-19-15(11)9-20-12-3-4-13(16)14(17)7-12/h3-7,10,18H,8-9H2,1-2H3. The van der Waals surface area contributed by atoms with E-state index in [1.165, 1.54) is 6.07 Å². The normalized spacial score (nSPS) is 11.1. The van der Waals surface area contributed by atoms with Gasteiger partial charge in [0.1, 0.15) is 18.1 Å². The van der Waals surface area contributed by atoms with E-state index in [1.807, 2.05) is 6.07 Å². The van der Waals surface area contributed by atoms with Crippen molar-refractivity contribution in [2.75, 3.05) is 0 Å². The third-order valence-electron chi connectivity index (χ3n) is 2.80. The molecule has 3 nitrogen and oxygen atoms in total. The molecule has 5 heteroatoms. The van der Waals surface area contributed by atoms with Crippen LogP contribution in [0, 0.1) is 11.6 Å². The number of rotatable bonds is 6. The van der Waals surface area contributed by atoms with Crippen molar-refractivity contribution in [3.05, 3.63) is 53.5 Å². The van der Waals surface area contributed by atoms with E-state index >= 15 is 0 Å². The molecule has 108 valence electrons. The van der Waals surface area contributed by atoms with E-state index in [1.54, 1.807) is 6.26 Å². The molecule has 0 radical (unpaired) electrons. The number of benzene rings is 1. The van der Waals surface area contributed by atoms with Gasteiger partial charge in [-0.2, -0.15) is 0 Å². The van der Waals surface area contributed by atoms with Crippen LogP contribution in [-0.4, -0.2) is 6.04 Å². The Morgan fingerprint density at radius 1 is 1.20 bits per heavy atom. The molecule has 1 heterocycles. The van der Waals surface area contributed by atoms with Gasteiger partial charge in [-0.3, -0.25) is 0 Å². The van der Waals surface area contributed by atoms with E-state index in [0.717, 1.165) is 17.7 Å². The molecular weight excluding hydrogens is 264 g/mol. The summed E-state index contributed by atoms with van der Waals surface area (Å²) in [6, 6.07) is 5.66. The van der Waals surface area contributed by atoms with Gasteiger partial charge in [-0.1, -0.05) is 13.8 Å². The summed E-state index contributed by atoms with van der Waals surface area (Å²) < 4.78 is 36.6. The number of halogens is 2. The molecule has 1 aromatic heterocycles. The van der Waals surface area contributed by atoms with E-state index in [9.17, 15) is 8.78 Å². The van der Waals surface area contributed by atoms with Gasteiger partial charge in [0.05, 0.1) is 6.26 Å². The SMILES string of the molecule is CC(C)NCc1ccoc1COc1ccc(F)c(F)c1. The lowest BCUT2D eigenvalue weighted by molar-refractivity contribution is 0.266. The zero-order chi connectivity index (χ0) is 14.5. The quantitative estimate of drug-likeness (QED) is 0.878. The highest BCUT2D eigenvalue weighted by Crippen LogP contribution is 2.18. The molecule has 0 unspecified atom stereocenters. The van der Waals surface area contributed by atoms with Crippen molar-refractivity contribution in [2.45, 2.75) is 33.0 Å². The van der Waals surface area contributed by atoms with Gasteiger partial charge in [0, 0.05) is 24.2 Å². The van der Waals surface area contributed by atoms with Crippen molar-refractivity contribution in [3.8, 4) is 5.75 Å². The summed E-state index contributed by atoms with van der Waals surface area (Å²) in [5.74, 6) is -0.883. The highest BCUT2D eigenvalue weighted by Gasteiger charge is 2.09. The number of nitrogens with one attached hydrogen (secondary N) is 1. The fourth-order valence-electron chi connectivity index (χ4n) is 1.68. The molecule has 0 spiro atoms. The Labute approximate surface area is 116 Å². The van der Waals surface area contributed by atoms with Crippen molar-refractivity contribution in [3.63, 3.8) is 0 Å². The Bertz CT molecular complexity index is 567. The zero-order valence-corrected chi connectivity index (χ0v) is 11.5. The second-order valence-electron chi connectivity index (χ2n) is 4.77. The summed E-state index contributed by atoms with van der Waals surface area (Å²) in [5.41, 5.74) is 0.987. The van der Waals surface area contributed by atoms with Gasteiger partial charge in [0.2, 0.25) is 0 Å². The van der Waals surface area contributed by atoms with Gasteiger partial charge in [0.25, 0.3) is 0 Å². The van der Waals surface area contributed by atoms with E-state index < -0.39 is 11.6 Å². The van der Waals surface area contributed by atoms with Crippen LogP contribution in [0.3, 0.4) is 0 Å². The molecule has 0 fully saturated rings. The van der Waals surface area contributed by atoms with Crippen molar-refractivity contribution in [2.24, 2.45) is 0 Å². The molecule has 0 bridgehead atoms. The van der Waals surface area contributed by atoms with Crippen LogP contribution in [0.25, 0.3) is 0 Å². The third kappa shape index (κ3) is 3.81. The molecule has 0 aliphatic rings. The van der Waals surface area contributed by atoms with Gasteiger partial charge in [-0.15, -0.1) is 0 Å². The largest absolute Gasteiger partial charge is 0.486 e. The first kappa shape index (κ1) is 14.5. The van der Waals surface area contributed by atoms with Crippen molar-refractivity contribution < 1.29 is 17.9 Å². The smallest absolute Gasteiger partial charge is 0.162 e. The number of hydrogen-bond acceptors (Lipinski definition) is 3. The highest BCUT2D eigenvalue weighted by atomic mass is 19.2. The summed E-state index contributed by atoms with van der Waals surface area (Å²) in [5, 5.41) is 3.28. The predicted molar refractivity (Wildman–Crippen MR) is 71.4 cm³/mol. The van der Waals surface area contributed by atoms with Crippen LogP contribution in [0.1, 0.15) is 25.2 Å². The molecule has 0 saturated heterocycles. The van der Waals surface area contributed by atoms with Crippen molar-refractivity contribution in [1.29, 1.82) is 0 Å². The van der Waals surface area contributed by atoms with E-state index in [2.05, 4.69) is 19.2 Å². The second-order valence-corrected chi connectivity index (χ2v) is 4.77. The van der Waals surface area contributed by atoms with Crippen LogP contribution in [0.15, 0.2) is 34.9 Å². The predicted octanol–water partition coefficient (Wildman–Crippen LogP) is 3.63. The maximum atomic E-state index is 13.0. The fourth-order valence-corrected chi connectivity index (χ4v) is 1.68. The minimum absolute atomic E-state index is 0.174. The van der Waals surface area contributed by atoms with Crippen LogP contribution in [-0.2, 0) is 13.2 Å². The third-order valence-corrected chi connectivity index (χ3v) is 2.80. The van der Waals surface area contributed by atoms with Crippen LogP contribution in [0.4, 0.5) is 8.78 Å². The molecule has 0 aliphatic heterocycles. The van der Waals surface area contributed by atoms with Gasteiger partial charge >= 0.3 is 0 Å². The molecule has 0 saturated carbocycles. The topological polar surface area (TPSA) is 34.4 Å². The van der Waals surface area contributed by atoms with E-state index in [4.69, 9.17) is 9.15 Å². The molecular formula is C15H17F2NO2. The van der Waals surface area contributed by atoms with Gasteiger partial charge in [0.15, 0.2) is 11.6 Å². The molecule has 2 rings (SSSR count). The number of furan rings is 1. The second kappa shape index (κ2) is 6.52. The summed E-state index contributed by atoms with van der Waals surface area (Å²) in [6.45, 7) is 4.95. The maximum absolute atomic E-state index is 13.0. The molecule has 2 aromatic rings. The molecule has 0 aliphatic carbocycles. The lowest BCUT2D eigenvalue weighted by Gasteiger charge is -2.09. The monoisotopic (exact) mass is 281 g/mol. The highest BCUT2D eigenvalue weighted by molar-refractivity contribution is 5.24. The summed E-state index contributed by atoms with van der Waals surface area (Å²) in [6.07, 6.45) is 1.58. The van der Waals surface area contributed by atoms with Crippen LogP contribution in [0.5, 0.6) is 5.75 Å². The molecule has 20 heavy (non-hydrogen) atoms. The Morgan fingerprint density at radius 3 is 2.70 bits per heavy atom. The number of ether oxygens (including phenoxy) is 1. The van der Waals surface area contributed by atoms with Crippen LogP contribution >= 0.6 is 0 Å². The first-order valence-electron chi connectivity index (χ1n) is 6.42. The molecule has 0 amide bonds. The van der Waals surface area contributed by atoms with E-state index in [0.29, 0.717) is 18.3 Å². The maximum Gasteiger partial charge on any atom is 0.162 e. The Kier molecular flexibility index (Phi) is 4.74. The first-order valence-corrected chi connectivity index (χ1v) is 6.42. The van der Waals surface area contributed by atoms with Gasteiger partial charge < -0.3 is 14.5 Å². The molecule has 1 aromatic carbocycles. The van der Waals surface area contributed by atoms with Crippen LogP contribution in [0.2, 0.25) is 0 Å². The van der Waals surface area contributed by atoms with Gasteiger partial charge in [-0.25, -0.2) is 8.78 Å². The Hall–Kier alpha value is -1.88. The minimum atomic E-state index is -0.927. The van der Waals surface area contributed by atoms with Gasteiger partial charge in [-0.05, 0) is 18.2 Å². The zero-order valence-electron chi connectivity index (χ0n) is 11.5. The lowest BCUT2D eigenvalue weighted by atomic mass is 10.2. The van der Waals surface area contributed by atoms with Crippen LogP contribution < -0.4 is 10.1 Å². The summed E-state index contributed by atoms with van der Waals surface area (Å²) in [7, 11) is 0. The average molecular weight is 281 g/mol. The molecule has 0 atom stereocenters. The average Bonchev–Trinajstić information content (AvgIpc) is 2.85. The first-order chi connectivity index (χ1) is 9.56. The Balaban J connectivity index is 1.96. The van der Waals surface area contributed by atoms with E-state index in [-0.39, 0.29) is 12.4 Å². The number of hydrogen-bond donors (Lipinski definition) is 1. The minimum Gasteiger partial charge on any atom is -0.486 e. The Morgan fingerprint density at radius 2 is 2.00 bits per heavy atom. The molecule has 1 N–H and O–H groups in total.